The number of rotatable bonds is 5. The van der Waals surface area contributed by atoms with Gasteiger partial charge in [0.2, 0.25) is 0 Å². The minimum Gasteiger partial charge on any atom is -0.314 e. The summed E-state index contributed by atoms with van der Waals surface area (Å²) in [6, 6.07) is 6.31. The van der Waals surface area contributed by atoms with Gasteiger partial charge in [0.15, 0.2) is 0 Å². The van der Waals surface area contributed by atoms with Crippen LogP contribution in [0.15, 0.2) is 18.2 Å². The first-order valence-electron chi connectivity index (χ1n) is 5.72. The minimum absolute atomic E-state index is 0.486. The van der Waals surface area contributed by atoms with Crippen molar-refractivity contribution < 1.29 is 0 Å². The van der Waals surface area contributed by atoms with E-state index in [4.69, 9.17) is 23.2 Å². The minimum atomic E-state index is 0.486. The maximum Gasteiger partial charge on any atom is 0.0624 e. The first kappa shape index (κ1) is 13.8. The van der Waals surface area contributed by atoms with Crippen LogP contribution in [0.2, 0.25) is 10.0 Å². The average molecular weight is 260 g/mol. The molecular weight excluding hydrogens is 241 g/mol. The quantitative estimate of drug-likeness (QED) is 0.837. The van der Waals surface area contributed by atoms with Crippen molar-refractivity contribution >= 4 is 23.2 Å². The van der Waals surface area contributed by atoms with Gasteiger partial charge in [0.1, 0.15) is 0 Å². The van der Waals surface area contributed by atoms with E-state index >= 15 is 0 Å². The highest BCUT2D eigenvalue weighted by molar-refractivity contribution is 6.42. The van der Waals surface area contributed by atoms with Crippen LogP contribution in [-0.2, 0) is 6.42 Å². The molecule has 0 saturated carbocycles. The highest BCUT2D eigenvalue weighted by Gasteiger charge is 2.14. The van der Waals surface area contributed by atoms with Crippen LogP contribution in [0.25, 0.3) is 0 Å². The van der Waals surface area contributed by atoms with E-state index in [1.807, 2.05) is 18.2 Å². The highest BCUT2D eigenvalue weighted by atomic mass is 35.5. The lowest BCUT2D eigenvalue weighted by molar-refractivity contribution is 0.406. The largest absolute Gasteiger partial charge is 0.314 e. The smallest absolute Gasteiger partial charge is 0.0624 e. The lowest BCUT2D eigenvalue weighted by atomic mass is 9.95. The predicted octanol–water partition coefficient (Wildman–Crippen LogP) is 4.17. The fourth-order valence-electron chi connectivity index (χ4n) is 1.75. The molecule has 0 aromatic heterocycles. The second kappa shape index (κ2) is 6.48. The molecule has 0 heterocycles. The van der Waals surface area contributed by atoms with Crippen LogP contribution in [0.4, 0.5) is 0 Å². The Labute approximate surface area is 108 Å². The molecule has 0 aliphatic heterocycles. The Balaban J connectivity index is 2.69. The van der Waals surface area contributed by atoms with E-state index in [1.54, 1.807) is 0 Å². The topological polar surface area (TPSA) is 12.0 Å². The van der Waals surface area contributed by atoms with Gasteiger partial charge in [-0.1, -0.05) is 49.2 Å². The number of hydrogen-bond donors (Lipinski definition) is 1. The van der Waals surface area contributed by atoms with E-state index in [-0.39, 0.29) is 0 Å². The molecule has 0 fully saturated rings. The van der Waals surface area contributed by atoms with Gasteiger partial charge in [-0.25, -0.2) is 0 Å². The van der Waals surface area contributed by atoms with E-state index < -0.39 is 0 Å². The van der Waals surface area contributed by atoms with E-state index in [1.165, 1.54) is 0 Å². The van der Waals surface area contributed by atoms with Crippen molar-refractivity contribution in [2.24, 2.45) is 5.92 Å². The molecule has 0 bridgehead atoms. The molecule has 0 radical (unpaired) electrons. The Morgan fingerprint density at radius 2 is 1.94 bits per heavy atom. The highest BCUT2D eigenvalue weighted by Crippen LogP contribution is 2.27. The summed E-state index contributed by atoms with van der Waals surface area (Å²) in [4.78, 5) is 0. The van der Waals surface area contributed by atoms with Crippen LogP contribution in [0.5, 0.6) is 0 Å². The van der Waals surface area contributed by atoms with Crippen molar-refractivity contribution in [3.8, 4) is 0 Å². The van der Waals surface area contributed by atoms with Gasteiger partial charge >= 0.3 is 0 Å². The normalized spacial score (nSPS) is 14.8. The van der Waals surface area contributed by atoms with E-state index in [9.17, 15) is 0 Å². The molecule has 0 saturated heterocycles. The van der Waals surface area contributed by atoms with Crippen molar-refractivity contribution in [2.45, 2.75) is 33.2 Å². The van der Waals surface area contributed by atoms with Gasteiger partial charge in [0.05, 0.1) is 10.0 Å². The van der Waals surface area contributed by atoms with Crippen molar-refractivity contribution in [3.63, 3.8) is 0 Å². The van der Waals surface area contributed by atoms with Gasteiger partial charge in [-0.3, -0.25) is 0 Å². The molecule has 1 nitrogen and oxygen atoms in total. The molecule has 1 rings (SSSR count). The molecule has 90 valence electrons. The van der Waals surface area contributed by atoms with Crippen LogP contribution < -0.4 is 5.32 Å². The second-order valence-electron chi connectivity index (χ2n) is 4.24. The SMILES string of the molecule is CCNC(C)C(C)Cc1cccc(Cl)c1Cl. The van der Waals surface area contributed by atoms with Crippen LogP contribution in [-0.4, -0.2) is 12.6 Å². The monoisotopic (exact) mass is 259 g/mol. The first-order valence-corrected chi connectivity index (χ1v) is 6.48. The van der Waals surface area contributed by atoms with Crippen molar-refractivity contribution in [2.75, 3.05) is 6.54 Å². The number of halogens is 2. The zero-order valence-corrected chi connectivity index (χ0v) is 11.6. The summed E-state index contributed by atoms with van der Waals surface area (Å²) in [5.74, 6) is 0.538. The molecule has 2 unspecified atom stereocenters. The molecule has 3 heteroatoms. The molecule has 1 aromatic carbocycles. The summed E-state index contributed by atoms with van der Waals surface area (Å²) in [7, 11) is 0. The van der Waals surface area contributed by atoms with Crippen molar-refractivity contribution in [3.05, 3.63) is 33.8 Å². The lowest BCUT2D eigenvalue weighted by Crippen LogP contribution is -2.32. The van der Waals surface area contributed by atoms with Crippen molar-refractivity contribution in [1.82, 2.24) is 5.32 Å². The second-order valence-corrected chi connectivity index (χ2v) is 5.03. The Kier molecular flexibility index (Phi) is 5.60. The van der Waals surface area contributed by atoms with Gasteiger partial charge in [-0.05, 0) is 37.4 Å². The maximum absolute atomic E-state index is 6.17. The Morgan fingerprint density at radius 1 is 1.25 bits per heavy atom. The van der Waals surface area contributed by atoms with Gasteiger partial charge in [-0.2, -0.15) is 0 Å². The molecule has 0 spiro atoms. The molecular formula is C13H19Cl2N. The summed E-state index contributed by atoms with van der Waals surface area (Å²) in [6.07, 6.45) is 0.952. The van der Waals surface area contributed by atoms with Gasteiger partial charge in [0, 0.05) is 6.04 Å². The third-order valence-corrected chi connectivity index (χ3v) is 3.81. The summed E-state index contributed by atoms with van der Waals surface area (Å²) in [6.45, 7) is 7.54. The van der Waals surface area contributed by atoms with Gasteiger partial charge < -0.3 is 5.32 Å². The van der Waals surface area contributed by atoms with Crippen LogP contribution in [0.1, 0.15) is 26.3 Å². The summed E-state index contributed by atoms with van der Waals surface area (Å²) in [5, 5.41) is 4.76. The Bertz CT molecular complexity index is 339. The Hall–Kier alpha value is -0.240. The van der Waals surface area contributed by atoms with E-state index in [0.29, 0.717) is 22.0 Å². The van der Waals surface area contributed by atoms with Crippen LogP contribution in [0, 0.1) is 5.92 Å². The Morgan fingerprint density at radius 3 is 2.56 bits per heavy atom. The maximum atomic E-state index is 6.17. The van der Waals surface area contributed by atoms with Crippen LogP contribution >= 0.6 is 23.2 Å². The summed E-state index contributed by atoms with van der Waals surface area (Å²) < 4.78 is 0. The van der Waals surface area contributed by atoms with Crippen LogP contribution in [0.3, 0.4) is 0 Å². The third-order valence-electron chi connectivity index (χ3n) is 2.95. The van der Waals surface area contributed by atoms with E-state index in [2.05, 4.69) is 26.1 Å². The number of hydrogen-bond acceptors (Lipinski definition) is 1. The zero-order valence-electron chi connectivity index (χ0n) is 10.1. The number of benzene rings is 1. The third kappa shape index (κ3) is 3.65. The fourth-order valence-corrected chi connectivity index (χ4v) is 2.15. The van der Waals surface area contributed by atoms with Gasteiger partial charge in [0.25, 0.3) is 0 Å². The first-order chi connectivity index (χ1) is 7.56. The molecule has 16 heavy (non-hydrogen) atoms. The average Bonchev–Trinajstić information content (AvgIpc) is 2.25. The molecule has 1 aromatic rings. The molecule has 2 atom stereocenters. The summed E-state index contributed by atoms with van der Waals surface area (Å²) >= 11 is 12.2. The molecule has 0 aliphatic rings. The van der Waals surface area contributed by atoms with Crippen molar-refractivity contribution in [1.29, 1.82) is 0 Å². The molecule has 0 aliphatic carbocycles. The fraction of sp³-hybridized carbons (Fsp3) is 0.538. The predicted molar refractivity (Wildman–Crippen MR) is 72.5 cm³/mol. The standard InChI is InChI=1S/C13H19Cl2N/c1-4-16-10(3)9(2)8-11-6-5-7-12(14)13(11)15/h5-7,9-10,16H,4,8H2,1-3H3. The lowest BCUT2D eigenvalue weighted by Gasteiger charge is -2.21. The van der Waals surface area contributed by atoms with Gasteiger partial charge in [-0.15, -0.1) is 0 Å². The molecule has 0 amide bonds. The number of nitrogens with one attached hydrogen (secondary N) is 1. The summed E-state index contributed by atoms with van der Waals surface area (Å²) in [5.41, 5.74) is 1.13. The van der Waals surface area contributed by atoms with E-state index in [0.717, 1.165) is 18.5 Å². The molecule has 1 N–H and O–H groups in total. The zero-order chi connectivity index (χ0) is 12.1.